The lowest BCUT2D eigenvalue weighted by molar-refractivity contribution is 0.288. The summed E-state index contributed by atoms with van der Waals surface area (Å²) in [6.07, 6.45) is 0. The van der Waals surface area contributed by atoms with Gasteiger partial charge in [0.15, 0.2) is 5.11 Å². The van der Waals surface area contributed by atoms with Gasteiger partial charge in [-0.05, 0) is 50.6 Å². The highest BCUT2D eigenvalue weighted by atomic mass is 35.5. The van der Waals surface area contributed by atoms with E-state index in [0.29, 0.717) is 16.7 Å². The molecule has 2 aromatic carbocycles. The van der Waals surface area contributed by atoms with Gasteiger partial charge in [0, 0.05) is 22.8 Å². The number of methoxy groups -OCH3 is 1. The molecule has 2 aromatic rings. The van der Waals surface area contributed by atoms with Gasteiger partial charge in [-0.15, -0.1) is 0 Å². The van der Waals surface area contributed by atoms with Crippen LogP contribution in [0.1, 0.15) is 11.6 Å². The first kappa shape index (κ1) is 18.5. The van der Waals surface area contributed by atoms with Crippen LogP contribution in [0.5, 0.6) is 5.75 Å². The average molecular weight is 364 g/mol. The van der Waals surface area contributed by atoms with Crippen molar-refractivity contribution in [3.63, 3.8) is 0 Å². The molecule has 2 rings (SSSR count). The molecular weight excluding hydrogens is 342 g/mol. The van der Waals surface area contributed by atoms with E-state index in [2.05, 4.69) is 21.6 Å². The maximum atomic E-state index is 5.99. The number of rotatable bonds is 6. The van der Waals surface area contributed by atoms with E-state index in [0.717, 1.165) is 17.0 Å². The molecule has 0 aliphatic rings. The second-order valence-electron chi connectivity index (χ2n) is 5.57. The van der Waals surface area contributed by atoms with Crippen molar-refractivity contribution >= 4 is 34.6 Å². The highest BCUT2D eigenvalue weighted by molar-refractivity contribution is 7.80. The van der Waals surface area contributed by atoms with E-state index >= 15 is 0 Å². The molecule has 0 amide bonds. The molecule has 0 heterocycles. The Hall–Kier alpha value is -1.82. The first-order chi connectivity index (χ1) is 11.5. The summed E-state index contributed by atoms with van der Waals surface area (Å²) in [6.45, 7) is 0.653. The predicted octanol–water partition coefficient (Wildman–Crippen LogP) is 3.94. The Kier molecular flexibility index (Phi) is 6.85. The second-order valence-corrected chi connectivity index (χ2v) is 6.41. The summed E-state index contributed by atoms with van der Waals surface area (Å²) in [6, 6.07) is 15.6. The molecule has 1 atom stereocenters. The van der Waals surface area contributed by atoms with Crippen LogP contribution in [0.2, 0.25) is 5.02 Å². The molecule has 0 saturated heterocycles. The Morgan fingerprint density at radius 3 is 2.62 bits per heavy atom. The fourth-order valence-electron chi connectivity index (χ4n) is 2.44. The molecule has 0 bridgehead atoms. The molecular formula is C18H22ClN3OS. The van der Waals surface area contributed by atoms with Crippen LogP contribution in [0.3, 0.4) is 0 Å². The van der Waals surface area contributed by atoms with E-state index in [1.165, 1.54) is 0 Å². The number of thiocarbonyl (C=S) groups is 1. The van der Waals surface area contributed by atoms with Gasteiger partial charge in [0.25, 0.3) is 0 Å². The molecule has 6 heteroatoms. The Balaban J connectivity index is 2.02. The highest BCUT2D eigenvalue weighted by Gasteiger charge is 2.18. The van der Waals surface area contributed by atoms with Crippen LogP contribution in [-0.4, -0.2) is 37.8 Å². The third-order valence-electron chi connectivity index (χ3n) is 3.66. The number of hydrogen-bond acceptors (Lipinski definition) is 3. The Bertz CT molecular complexity index is 693. The summed E-state index contributed by atoms with van der Waals surface area (Å²) in [5, 5.41) is 7.63. The number of nitrogens with zero attached hydrogens (tertiary/aromatic N) is 1. The lowest BCUT2D eigenvalue weighted by atomic mass is 10.0. The van der Waals surface area contributed by atoms with Crippen molar-refractivity contribution in [1.29, 1.82) is 0 Å². The Morgan fingerprint density at radius 2 is 1.96 bits per heavy atom. The molecule has 0 aliphatic heterocycles. The number of nitrogens with one attached hydrogen (secondary N) is 2. The van der Waals surface area contributed by atoms with Crippen LogP contribution in [0.15, 0.2) is 48.5 Å². The number of likely N-dealkylation sites (N-methyl/N-ethyl adjacent to an activating group) is 1. The summed E-state index contributed by atoms with van der Waals surface area (Å²) in [5.74, 6) is 0.867. The van der Waals surface area contributed by atoms with Crippen molar-refractivity contribution in [2.45, 2.75) is 6.04 Å². The zero-order valence-corrected chi connectivity index (χ0v) is 15.6. The molecule has 2 N–H and O–H groups in total. The normalized spacial score (nSPS) is 11.9. The molecule has 0 aromatic heterocycles. The van der Waals surface area contributed by atoms with Crippen LogP contribution in [0, 0.1) is 0 Å². The molecule has 0 fully saturated rings. The van der Waals surface area contributed by atoms with E-state index in [1.54, 1.807) is 7.11 Å². The largest absolute Gasteiger partial charge is 0.496 e. The average Bonchev–Trinajstić information content (AvgIpc) is 2.55. The highest BCUT2D eigenvalue weighted by Crippen LogP contribution is 2.27. The van der Waals surface area contributed by atoms with Crippen LogP contribution >= 0.6 is 23.8 Å². The van der Waals surface area contributed by atoms with Gasteiger partial charge in [0.1, 0.15) is 5.75 Å². The third kappa shape index (κ3) is 5.09. The maximum Gasteiger partial charge on any atom is 0.170 e. The molecule has 0 radical (unpaired) electrons. The van der Waals surface area contributed by atoms with Crippen LogP contribution in [0.4, 0.5) is 5.69 Å². The first-order valence-electron chi connectivity index (χ1n) is 7.61. The number of para-hydroxylation sites is 1. The van der Waals surface area contributed by atoms with E-state index in [1.807, 2.05) is 56.6 Å². The van der Waals surface area contributed by atoms with Gasteiger partial charge < -0.3 is 20.3 Å². The van der Waals surface area contributed by atoms with Crippen molar-refractivity contribution in [1.82, 2.24) is 10.2 Å². The van der Waals surface area contributed by atoms with Crippen molar-refractivity contribution in [3.05, 3.63) is 59.1 Å². The second kappa shape index (κ2) is 8.87. The summed E-state index contributed by atoms with van der Waals surface area (Å²) in [7, 11) is 5.75. The van der Waals surface area contributed by atoms with Crippen molar-refractivity contribution in [2.75, 3.05) is 33.1 Å². The molecule has 0 unspecified atom stereocenters. The summed E-state index contributed by atoms with van der Waals surface area (Å²) in [4.78, 5) is 2.13. The smallest absolute Gasteiger partial charge is 0.170 e. The monoisotopic (exact) mass is 363 g/mol. The van der Waals surface area contributed by atoms with Crippen LogP contribution in [0.25, 0.3) is 0 Å². The van der Waals surface area contributed by atoms with Crippen LogP contribution in [-0.2, 0) is 0 Å². The molecule has 0 spiro atoms. The SMILES string of the molecule is COc1ccccc1[C@@H](CNC(=S)Nc1cccc(Cl)c1)N(C)C. The Labute approximate surface area is 153 Å². The van der Waals surface area contributed by atoms with Crippen molar-refractivity contribution in [2.24, 2.45) is 0 Å². The van der Waals surface area contributed by atoms with Gasteiger partial charge >= 0.3 is 0 Å². The number of benzene rings is 2. The third-order valence-corrected chi connectivity index (χ3v) is 4.14. The van der Waals surface area contributed by atoms with Gasteiger partial charge in [0.2, 0.25) is 0 Å². The first-order valence-corrected chi connectivity index (χ1v) is 8.39. The summed E-state index contributed by atoms with van der Waals surface area (Å²) >= 11 is 11.4. The number of hydrogen-bond donors (Lipinski definition) is 2. The molecule has 24 heavy (non-hydrogen) atoms. The standard InChI is InChI=1S/C18H22ClN3OS/c1-22(2)16(15-9-4-5-10-17(15)23-3)12-20-18(24)21-14-8-6-7-13(19)11-14/h4-11,16H,12H2,1-3H3,(H2,20,21,24)/t16-/m1/s1. The quantitative estimate of drug-likeness (QED) is 0.760. The minimum Gasteiger partial charge on any atom is -0.496 e. The van der Waals surface area contributed by atoms with E-state index in [9.17, 15) is 0 Å². The minimum atomic E-state index is 0.125. The number of anilines is 1. The lowest BCUT2D eigenvalue weighted by Crippen LogP contribution is -2.36. The molecule has 128 valence electrons. The minimum absolute atomic E-state index is 0.125. The summed E-state index contributed by atoms with van der Waals surface area (Å²) in [5.41, 5.74) is 1.97. The number of halogens is 1. The van der Waals surface area contributed by atoms with Crippen LogP contribution < -0.4 is 15.4 Å². The van der Waals surface area contributed by atoms with Gasteiger partial charge in [-0.25, -0.2) is 0 Å². The van der Waals surface area contributed by atoms with Crippen molar-refractivity contribution in [3.8, 4) is 5.75 Å². The Morgan fingerprint density at radius 1 is 1.21 bits per heavy atom. The molecule has 0 saturated carbocycles. The predicted molar refractivity (Wildman–Crippen MR) is 105 cm³/mol. The maximum absolute atomic E-state index is 5.99. The summed E-state index contributed by atoms with van der Waals surface area (Å²) < 4.78 is 5.47. The fraction of sp³-hybridized carbons (Fsp3) is 0.278. The van der Waals surface area contributed by atoms with Gasteiger partial charge in [-0.3, -0.25) is 0 Å². The fourth-order valence-corrected chi connectivity index (χ4v) is 2.83. The molecule has 0 aliphatic carbocycles. The molecule has 4 nitrogen and oxygen atoms in total. The van der Waals surface area contributed by atoms with Gasteiger partial charge in [-0.1, -0.05) is 35.9 Å². The van der Waals surface area contributed by atoms with E-state index in [-0.39, 0.29) is 6.04 Å². The van der Waals surface area contributed by atoms with E-state index in [4.69, 9.17) is 28.6 Å². The lowest BCUT2D eigenvalue weighted by Gasteiger charge is -2.27. The van der Waals surface area contributed by atoms with Crippen molar-refractivity contribution < 1.29 is 4.74 Å². The zero-order valence-electron chi connectivity index (χ0n) is 14.0. The van der Waals surface area contributed by atoms with Gasteiger partial charge in [0.05, 0.1) is 13.2 Å². The zero-order chi connectivity index (χ0) is 17.5. The number of ether oxygens (including phenoxy) is 1. The van der Waals surface area contributed by atoms with Gasteiger partial charge in [-0.2, -0.15) is 0 Å². The van der Waals surface area contributed by atoms with E-state index < -0.39 is 0 Å². The topological polar surface area (TPSA) is 36.5 Å².